The second-order valence-corrected chi connectivity index (χ2v) is 4.64. The largest absolute Gasteiger partial charge is 0.389 e. The van der Waals surface area contributed by atoms with Crippen LogP contribution in [0.4, 0.5) is 10.5 Å². The van der Waals surface area contributed by atoms with Gasteiger partial charge in [0.25, 0.3) is 0 Å². The number of nitrogens with zero attached hydrogens (tertiary/aromatic N) is 3. The molecule has 0 aliphatic rings. The molecule has 1 aromatic carbocycles. The van der Waals surface area contributed by atoms with Crippen molar-refractivity contribution < 1.29 is 9.90 Å². The van der Waals surface area contributed by atoms with Crippen molar-refractivity contribution in [2.45, 2.75) is 33.0 Å². The predicted octanol–water partition coefficient (Wildman–Crippen LogP) is 1.67. The Morgan fingerprint density at radius 3 is 2.71 bits per heavy atom. The minimum Gasteiger partial charge on any atom is -0.389 e. The van der Waals surface area contributed by atoms with E-state index in [2.05, 4.69) is 20.8 Å². The molecule has 7 nitrogen and oxygen atoms in total. The van der Waals surface area contributed by atoms with Crippen molar-refractivity contribution in [1.29, 1.82) is 0 Å². The number of hydrogen-bond donors (Lipinski definition) is 3. The van der Waals surface area contributed by atoms with Crippen LogP contribution in [0.3, 0.4) is 0 Å². The van der Waals surface area contributed by atoms with E-state index in [0.717, 1.165) is 12.1 Å². The number of rotatable bonds is 5. The molecule has 0 radical (unpaired) electrons. The van der Waals surface area contributed by atoms with E-state index in [4.69, 9.17) is 0 Å². The normalized spacial score (nSPS) is 12.0. The molecular formula is C14H19N5O2. The van der Waals surface area contributed by atoms with Crippen LogP contribution in [0.25, 0.3) is 0 Å². The van der Waals surface area contributed by atoms with Crippen molar-refractivity contribution in [3.05, 3.63) is 42.0 Å². The summed E-state index contributed by atoms with van der Waals surface area (Å²) in [4.78, 5) is 11.8. The number of carbonyl (C=O) groups is 1. The molecule has 0 spiro atoms. The Bertz CT molecular complexity index is 592. The molecule has 0 fully saturated rings. The second kappa shape index (κ2) is 6.85. The van der Waals surface area contributed by atoms with Crippen molar-refractivity contribution in [2.75, 3.05) is 5.32 Å². The van der Waals surface area contributed by atoms with Crippen molar-refractivity contribution in [3.63, 3.8) is 0 Å². The van der Waals surface area contributed by atoms with Gasteiger partial charge in [-0.25, -0.2) is 4.79 Å². The van der Waals surface area contributed by atoms with E-state index in [0.29, 0.717) is 18.1 Å². The average molecular weight is 289 g/mol. The van der Waals surface area contributed by atoms with E-state index in [9.17, 15) is 9.90 Å². The monoisotopic (exact) mass is 289 g/mol. The van der Waals surface area contributed by atoms with Gasteiger partial charge in [0.2, 0.25) is 0 Å². The van der Waals surface area contributed by atoms with Gasteiger partial charge >= 0.3 is 6.03 Å². The minimum absolute atomic E-state index is 0.311. The minimum atomic E-state index is -0.520. The fourth-order valence-electron chi connectivity index (χ4n) is 1.86. The first-order valence-electron chi connectivity index (χ1n) is 6.79. The molecule has 21 heavy (non-hydrogen) atoms. The maximum absolute atomic E-state index is 11.8. The molecule has 2 aromatic rings. The van der Waals surface area contributed by atoms with Gasteiger partial charge in [-0.3, -0.25) is 0 Å². The smallest absolute Gasteiger partial charge is 0.319 e. The summed E-state index contributed by atoms with van der Waals surface area (Å²) in [7, 11) is 0. The number of aryl methyl sites for hydroxylation is 1. The molecule has 7 heteroatoms. The van der Waals surface area contributed by atoms with E-state index in [1.807, 2.05) is 11.5 Å². The summed E-state index contributed by atoms with van der Waals surface area (Å²) in [5, 5.41) is 22.6. The van der Waals surface area contributed by atoms with E-state index in [1.165, 1.54) is 0 Å². The van der Waals surface area contributed by atoms with Gasteiger partial charge in [0, 0.05) is 12.2 Å². The zero-order valence-electron chi connectivity index (χ0n) is 12.1. The third-order valence-corrected chi connectivity index (χ3v) is 3.09. The van der Waals surface area contributed by atoms with Crippen LogP contribution in [-0.4, -0.2) is 25.9 Å². The molecule has 1 heterocycles. The molecule has 2 amide bonds. The topological polar surface area (TPSA) is 92.1 Å². The lowest BCUT2D eigenvalue weighted by molar-refractivity contribution is 0.199. The Kier molecular flexibility index (Phi) is 4.89. The Labute approximate surface area is 123 Å². The van der Waals surface area contributed by atoms with Crippen molar-refractivity contribution in [1.82, 2.24) is 20.1 Å². The average Bonchev–Trinajstić information content (AvgIpc) is 2.93. The summed E-state index contributed by atoms with van der Waals surface area (Å²) in [6, 6.07) is 6.72. The second-order valence-electron chi connectivity index (χ2n) is 4.64. The van der Waals surface area contributed by atoms with Crippen molar-refractivity contribution in [2.24, 2.45) is 0 Å². The Morgan fingerprint density at radius 2 is 2.10 bits per heavy atom. The van der Waals surface area contributed by atoms with Crippen LogP contribution >= 0.6 is 0 Å². The number of hydrogen-bond acceptors (Lipinski definition) is 4. The standard InChI is InChI=1S/C14H19N5O2/c1-3-19-9-16-18-13(19)8-15-14(21)17-12-6-4-11(5-7-12)10(2)20/h4-7,9-10,20H,3,8H2,1-2H3,(H2,15,17,21). The first kappa shape index (κ1) is 15.0. The summed E-state index contributed by atoms with van der Waals surface area (Å²) in [5.74, 6) is 0.706. The first-order valence-corrected chi connectivity index (χ1v) is 6.79. The van der Waals surface area contributed by atoms with E-state index >= 15 is 0 Å². The lowest BCUT2D eigenvalue weighted by atomic mass is 10.1. The highest BCUT2D eigenvalue weighted by Gasteiger charge is 2.06. The molecule has 0 saturated heterocycles. The molecule has 112 valence electrons. The number of anilines is 1. The molecule has 1 unspecified atom stereocenters. The predicted molar refractivity (Wildman–Crippen MR) is 78.6 cm³/mol. The van der Waals surface area contributed by atoms with Crippen LogP contribution in [0.1, 0.15) is 31.3 Å². The molecule has 1 aromatic heterocycles. The van der Waals surface area contributed by atoms with Crippen LogP contribution in [0.5, 0.6) is 0 Å². The van der Waals surface area contributed by atoms with Crippen LogP contribution in [0, 0.1) is 0 Å². The van der Waals surface area contributed by atoms with Gasteiger partial charge in [-0.2, -0.15) is 0 Å². The van der Waals surface area contributed by atoms with Crippen molar-refractivity contribution in [3.8, 4) is 0 Å². The van der Waals surface area contributed by atoms with Gasteiger partial charge in [0.15, 0.2) is 5.82 Å². The van der Waals surface area contributed by atoms with Gasteiger partial charge in [0.1, 0.15) is 6.33 Å². The number of benzene rings is 1. The van der Waals surface area contributed by atoms with E-state index in [-0.39, 0.29) is 6.03 Å². The number of aliphatic hydroxyl groups excluding tert-OH is 1. The van der Waals surface area contributed by atoms with Gasteiger partial charge in [-0.15, -0.1) is 10.2 Å². The third kappa shape index (κ3) is 4.03. The fraction of sp³-hybridized carbons (Fsp3) is 0.357. The number of amides is 2. The summed E-state index contributed by atoms with van der Waals surface area (Å²) < 4.78 is 1.86. The fourth-order valence-corrected chi connectivity index (χ4v) is 1.86. The molecule has 1 atom stereocenters. The lowest BCUT2D eigenvalue weighted by Crippen LogP contribution is -2.29. The Hall–Kier alpha value is -2.41. The lowest BCUT2D eigenvalue weighted by Gasteiger charge is -2.09. The maximum atomic E-state index is 11.8. The first-order chi connectivity index (χ1) is 10.1. The summed E-state index contributed by atoms with van der Waals surface area (Å²) >= 11 is 0. The van der Waals surface area contributed by atoms with E-state index in [1.54, 1.807) is 37.5 Å². The zero-order chi connectivity index (χ0) is 15.2. The SMILES string of the molecule is CCn1cnnc1CNC(=O)Nc1ccc(C(C)O)cc1. The van der Waals surface area contributed by atoms with Gasteiger partial charge in [-0.05, 0) is 31.5 Å². The molecular weight excluding hydrogens is 270 g/mol. The molecule has 2 rings (SSSR count). The number of aliphatic hydroxyl groups is 1. The maximum Gasteiger partial charge on any atom is 0.319 e. The van der Waals surface area contributed by atoms with Gasteiger partial charge in [-0.1, -0.05) is 12.1 Å². The zero-order valence-corrected chi connectivity index (χ0v) is 12.1. The number of aromatic nitrogens is 3. The van der Waals surface area contributed by atoms with E-state index < -0.39 is 6.10 Å². The number of carbonyl (C=O) groups excluding carboxylic acids is 1. The molecule has 0 bridgehead atoms. The molecule has 0 aliphatic carbocycles. The van der Waals surface area contributed by atoms with Gasteiger partial charge in [0.05, 0.1) is 12.6 Å². The molecule has 0 aliphatic heterocycles. The molecule has 3 N–H and O–H groups in total. The van der Waals surface area contributed by atoms with Crippen LogP contribution < -0.4 is 10.6 Å². The number of nitrogens with one attached hydrogen (secondary N) is 2. The highest BCUT2D eigenvalue weighted by atomic mass is 16.3. The summed E-state index contributed by atoms with van der Waals surface area (Å²) in [5.41, 5.74) is 1.46. The highest BCUT2D eigenvalue weighted by Crippen LogP contribution is 2.15. The third-order valence-electron chi connectivity index (χ3n) is 3.09. The van der Waals surface area contributed by atoms with Crippen LogP contribution in [0.2, 0.25) is 0 Å². The summed E-state index contributed by atoms with van der Waals surface area (Å²) in [6.45, 7) is 4.74. The van der Waals surface area contributed by atoms with Gasteiger partial charge < -0.3 is 20.3 Å². The van der Waals surface area contributed by atoms with Crippen LogP contribution in [-0.2, 0) is 13.1 Å². The Morgan fingerprint density at radius 1 is 1.38 bits per heavy atom. The number of urea groups is 1. The van der Waals surface area contributed by atoms with Crippen molar-refractivity contribution >= 4 is 11.7 Å². The highest BCUT2D eigenvalue weighted by molar-refractivity contribution is 5.89. The Balaban J connectivity index is 1.87. The summed E-state index contributed by atoms with van der Waals surface area (Å²) in [6.07, 6.45) is 1.11. The quantitative estimate of drug-likeness (QED) is 0.780. The molecule has 0 saturated carbocycles. The van der Waals surface area contributed by atoms with Crippen LogP contribution in [0.15, 0.2) is 30.6 Å².